The highest BCUT2D eigenvalue weighted by molar-refractivity contribution is 7.99. The van der Waals surface area contributed by atoms with Crippen molar-refractivity contribution < 1.29 is 28.3 Å². The number of hydrogen-bond donors (Lipinski definition) is 6. The standard InChI is InChI=1S/C13H24N6O6PS/c1-22-9-8-6(4-23-26(20,21)25-8)24-12(9)19-11-7(10(15)16-5-17-11)18-13(19)27-3-2-14/h6,8-9,12-13,17-18,20-21H,2-5,14H2,1H3,(H2,15,16)/q+1/t6?,8-,9-,12+,13?/m0/s1. The SMILES string of the molecule is CO[C@@H]1[C@H](N2C3=C(NC2SCCN)C(N)=NCN3)OC2CO[P+](O)(O)O[C@@H]21. The van der Waals surface area contributed by atoms with Gasteiger partial charge in [0.2, 0.25) is 0 Å². The number of nitrogens with zero attached hydrogens (tertiary/aromatic N) is 2. The maximum atomic E-state index is 9.79. The van der Waals surface area contributed by atoms with Crippen LogP contribution in [0.3, 0.4) is 0 Å². The molecule has 5 atom stereocenters. The second-order valence-corrected chi connectivity index (χ2v) is 8.93. The molecule has 0 radical (unpaired) electrons. The third kappa shape index (κ3) is 3.48. The third-order valence-corrected chi connectivity index (χ3v) is 6.79. The molecule has 152 valence electrons. The number of aliphatic imine (C=N–C) groups is 1. The van der Waals surface area contributed by atoms with Crippen LogP contribution in [0.1, 0.15) is 0 Å². The molecule has 4 heterocycles. The van der Waals surface area contributed by atoms with Gasteiger partial charge in [-0.1, -0.05) is 0 Å². The van der Waals surface area contributed by atoms with Gasteiger partial charge in [-0.2, -0.15) is 14.3 Å². The van der Waals surface area contributed by atoms with Crippen molar-refractivity contribution in [1.29, 1.82) is 0 Å². The number of amidine groups is 1. The first-order chi connectivity index (χ1) is 12.9. The van der Waals surface area contributed by atoms with Crippen molar-refractivity contribution in [3.63, 3.8) is 0 Å². The summed E-state index contributed by atoms with van der Waals surface area (Å²) in [5.74, 6) is 1.87. The predicted molar refractivity (Wildman–Crippen MR) is 98.6 cm³/mol. The molecule has 2 fully saturated rings. The number of nitrogens with two attached hydrogens (primary N) is 2. The summed E-state index contributed by atoms with van der Waals surface area (Å²) in [6, 6.07) is 0. The molecule has 4 rings (SSSR count). The molecular weight excluding hydrogens is 399 g/mol. The summed E-state index contributed by atoms with van der Waals surface area (Å²) in [6.45, 7) is 0.865. The Kier molecular flexibility index (Phi) is 5.40. The molecule has 0 bridgehead atoms. The van der Waals surface area contributed by atoms with Gasteiger partial charge in [-0.15, -0.1) is 16.3 Å². The second-order valence-electron chi connectivity index (χ2n) is 6.29. The topological polar surface area (TPSA) is 169 Å². The summed E-state index contributed by atoms with van der Waals surface area (Å²) in [6.07, 6.45) is -2.31. The minimum absolute atomic E-state index is 0.00656. The first-order valence-electron chi connectivity index (χ1n) is 8.46. The lowest BCUT2D eigenvalue weighted by molar-refractivity contribution is -0.0978. The zero-order chi connectivity index (χ0) is 19.2. The summed E-state index contributed by atoms with van der Waals surface area (Å²) in [7, 11) is -2.34. The van der Waals surface area contributed by atoms with Crippen LogP contribution in [-0.4, -0.2) is 83.2 Å². The number of hydrogen-bond acceptors (Lipinski definition) is 13. The largest absolute Gasteiger partial charge is 0.570 e. The molecule has 14 heteroatoms. The van der Waals surface area contributed by atoms with Gasteiger partial charge in [-0.3, -0.25) is 4.90 Å². The van der Waals surface area contributed by atoms with E-state index in [0.717, 1.165) is 5.82 Å². The Hall–Kier alpha value is -0.890. The van der Waals surface area contributed by atoms with E-state index in [1.54, 1.807) is 11.8 Å². The van der Waals surface area contributed by atoms with Crippen molar-refractivity contribution in [3.05, 3.63) is 11.5 Å². The highest BCUT2D eigenvalue weighted by atomic mass is 32.2. The van der Waals surface area contributed by atoms with Crippen LogP contribution >= 0.6 is 19.9 Å². The summed E-state index contributed by atoms with van der Waals surface area (Å²) in [5, 5.41) is 6.56. The monoisotopic (exact) mass is 423 g/mol. The van der Waals surface area contributed by atoms with Crippen LogP contribution in [0.2, 0.25) is 0 Å². The number of ether oxygens (including phenoxy) is 2. The molecule has 12 nitrogen and oxygen atoms in total. The van der Waals surface area contributed by atoms with E-state index < -0.39 is 32.7 Å². The van der Waals surface area contributed by atoms with Gasteiger partial charge in [0.1, 0.15) is 42.8 Å². The maximum Gasteiger partial charge on any atom is 0.570 e. The van der Waals surface area contributed by atoms with Crippen LogP contribution in [0, 0.1) is 0 Å². The molecule has 2 unspecified atom stereocenters. The number of thioether (sulfide) groups is 1. The van der Waals surface area contributed by atoms with Crippen molar-refractivity contribution in [2.45, 2.75) is 30.0 Å². The Bertz CT molecular complexity index is 653. The Balaban J connectivity index is 1.63. The summed E-state index contributed by atoms with van der Waals surface area (Å²) in [5.41, 5.74) is 12.2. The highest BCUT2D eigenvalue weighted by Crippen LogP contribution is 2.58. The Morgan fingerprint density at radius 1 is 1.48 bits per heavy atom. The van der Waals surface area contributed by atoms with E-state index in [0.29, 0.717) is 30.5 Å². The van der Waals surface area contributed by atoms with Gasteiger partial charge in [0.05, 0.1) is 0 Å². The Labute approximate surface area is 160 Å². The maximum absolute atomic E-state index is 9.79. The van der Waals surface area contributed by atoms with Gasteiger partial charge in [-0.25, -0.2) is 4.99 Å². The molecule has 0 aromatic carbocycles. The zero-order valence-electron chi connectivity index (χ0n) is 14.6. The van der Waals surface area contributed by atoms with Gasteiger partial charge < -0.3 is 31.6 Å². The number of rotatable bonds is 5. The number of methoxy groups -OCH3 is 1. The first-order valence-corrected chi connectivity index (χ1v) is 11.0. The lowest BCUT2D eigenvalue weighted by Crippen LogP contribution is -2.51. The van der Waals surface area contributed by atoms with Crippen LogP contribution in [0.15, 0.2) is 16.5 Å². The molecule has 0 saturated carbocycles. The van der Waals surface area contributed by atoms with Gasteiger partial charge in [0.25, 0.3) is 0 Å². The lowest BCUT2D eigenvalue weighted by atomic mass is 10.1. The molecule has 8 N–H and O–H groups in total. The zero-order valence-corrected chi connectivity index (χ0v) is 16.4. The van der Waals surface area contributed by atoms with Gasteiger partial charge in [0, 0.05) is 19.4 Å². The van der Waals surface area contributed by atoms with Crippen LogP contribution in [0.4, 0.5) is 0 Å². The minimum atomic E-state index is -3.87. The fraction of sp³-hybridized carbons (Fsp3) is 0.769. The first kappa shape index (κ1) is 19.4. The second kappa shape index (κ2) is 7.50. The van der Waals surface area contributed by atoms with Crippen molar-refractivity contribution in [3.8, 4) is 0 Å². The quantitative estimate of drug-likeness (QED) is 0.264. The summed E-state index contributed by atoms with van der Waals surface area (Å²) in [4.78, 5) is 25.8. The normalized spacial score (nSPS) is 37.4. The van der Waals surface area contributed by atoms with Crippen LogP contribution in [0.5, 0.6) is 0 Å². The van der Waals surface area contributed by atoms with Crippen LogP contribution in [0.25, 0.3) is 0 Å². The van der Waals surface area contributed by atoms with E-state index in [-0.39, 0.29) is 12.1 Å². The van der Waals surface area contributed by atoms with Crippen molar-refractivity contribution in [2.75, 3.05) is 32.7 Å². The van der Waals surface area contributed by atoms with Crippen molar-refractivity contribution in [2.24, 2.45) is 16.5 Å². The average molecular weight is 423 g/mol. The molecule has 0 spiro atoms. The van der Waals surface area contributed by atoms with Crippen molar-refractivity contribution >= 4 is 25.8 Å². The minimum Gasteiger partial charge on any atom is -0.382 e. The molecule has 0 amide bonds. The van der Waals surface area contributed by atoms with Gasteiger partial charge in [0.15, 0.2) is 17.8 Å². The van der Waals surface area contributed by atoms with E-state index in [4.69, 9.17) is 30.0 Å². The Morgan fingerprint density at radius 2 is 2.30 bits per heavy atom. The summed E-state index contributed by atoms with van der Waals surface area (Å²) < 4.78 is 22.1. The average Bonchev–Trinajstić information content (AvgIpc) is 3.17. The van der Waals surface area contributed by atoms with E-state index in [2.05, 4.69) is 15.6 Å². The molecular formula is C13H24N6O6PS+. The van der Waals surface area contributed by atoms with Crippen LogP contribution < -0.4 is 22.1 Å². The molecule has 2 saturated heterocycles. The molecule has 4 aliphatic heterocycles. The number of fused-ring (bicyclic) bond motifs is 1. The van der Waals surface area contributed by atoms with Gasteiger partial charge in [-0.05, 0) is 0 Å². The van der Waals surface area contributed by atoms with E-state index in [1.165, 1.54) is 7.11 Å². The van der Waals surface area contributed by atoms with E-state index >= 15 is 0 Å². The Morgan fingerprint density at radius 3 is 3.04 bits per heavy atom. The molecule has 4 aliphatic rings. The fourth-order valence-electron chi connectivity index (χ4n) is 3.53. The molecule has 0 aliphatic carbocycles. The fourth-order valence-corrected chi connectivity index (χ4v) is 5.45. The molecule has 27 heavy (non-hydrogen) atoms. The molecule has 0 aromatic rings. The van der Waals surface area contributed by atoms with Crippen LogP contribution in [-0.2, 0) is 18.5 Å². The lowest BCUT2D eigenvalue weighted by Gasteiger charge is -2.35. The summed E-state index contributed by atoms with van der Waals surface area (Å²) >= 11 is 1.59. The highest BCUT2D eigenvalue weighted by Gasteiger charge is 2.62. The molecule has 0 aromatic heterocycles. The smallest absolute Gasteiger partial charge is 0.382 e. The van der Waals surface area contributed by atoms with Crippen molar-refractivity contribution in [1.82, 2.24) is 15.5 Å². The van der Waals surface area contributed by atoms with Gasteiger partial charge >= 0.3 is 8.17 Å². The third-order valence-electron chi connectivity index (χ3n) is 4.66. The van der Waals surface area contributed by atoms with E-state index in [9.17, 15) is 9.79 Å². The number of nitrogens with one attached hydrogen (secondary N) is 2. The van der Waals surface area contributed by atoms with E-state index in [1.807, 2.05) is 4.90 Å². The predicted octanol–water partition coefficient (Wildman–Crippen LogP) is -2.23.